The van der Waals surface area contributed by atoms with Gasteiger partial charge in [-0.3, -0.25) is 9.69 Å². The molecule has 0 aromatic heterocycles. The highest BCUT2D eigenvalue weighted by atomic mass is 19.4. The molecular weight excluding hydrogens is 344 g/mol. The molecule has 1 saturated heterocycles. The summed E-state index contributed by atoms with van der Waals surface area (Å²) in [7, 11) is 0. The summed E-state index contributed by atoms with van der Waals surface area (Å²) in [6, 6.07) is 0. The maximum Gasteiger partial charge on any atom is 0.381 e. The SMILES string of the molecule is CC(=O)N[C@@H](N1CCOCC1)C(F)(F)C(F)(F)C(F)(F)C(F)F. The minimum Gasteiger partial charge on any atom is -0.379 e. The van der Waals surface area contributed by atoms with Gasteiger partial charge in [0.2, 0.25) is 5.91 Å². The predicted octanol–water partition coefficient (Wildman–Crippen LogP) is 1.95. The van der Waals surface area contributed by atoms with E-state index in [4.69, 9.17) is 4.74 Å². The van der Waals surface area contributed by atoms with E-state index in [-0.39, 0.29) is 26.3 Å². The first-order chi connectivity index (χ1) is 10.4. The summed E-state index contributed by atoms with van der Waals surface area (Å²) >= 11 is 0. The van der Waals surface area contributed by atoms with Crippen molar-refractivity contribution in [1.82, 2.24) is 10.2 Å². The molecule has 0 aliphatic carbocycles. The van der Waals surface area contributed by atoms with E-state index in [1.807, 2.05) is 0 Å². The fourth-order valence-corrected chi connectivity index (χ4v) is 1.97. The Morgan fingerprint density at radius 1 is 1.04 bits per heavy atom. The van der Waals surface area contributed by atoms with Crippen LogP contribution in [0.1, 0.15) is 6.92 Å². The fraction of sp³-hybridized carbons (Fsp3) is 0.909. The molecule has 1 aliphatic heterocycles. The van der Waals surface area contributed by atoms with Crippen LogP contribution >= 0.6 is 0 Å². The molecule has 0 aromatic rings. The van der Waals surface area contributed by atoms with E-state index in [1.54, 1.807) is 0 Å². The maximum atomic E-state index is 14.0. The standard InChI is InChI=1S/C11H14F8N2O2/c1-6(22)20-8(21-2-4-23-5-3-21)10(16,17)11(18,19)9(14,15)7(12)13/h7-8H,2-5H2,1H3,(H,20,22)/t8-/m0/s1. The van der Waals surface area contributed by atoms with E-state index < -0.39 is 36.3 Å². The molecule has 0 bridgehead atoms. The summed E-state index contributed by atoms with van der Waals surface area (Å²) in [6.45, 7) is -0.410. The molecule has 0 aromatic carbocycles. The average molecular weight is 358 g/mol. The lowest BCUT2D eigenvalue weighted by Gasteiger charge is -2.42. The number of nitrogens with zero attached hydrogens (tertiary/aromatic N) is 1. The van der Waals surface area contributed by atoms with Gasteiger partial charge in [0.1, 0.15) is 0 Å². The van der Waals surface area contributed by atoms with Crippen LogP contribution < -0.4 is 5.32 Å². The number of rotatable bonds is 6. The Morgan fingerprint density at radius 3 is 1.91 bits per heavy atom. The Labute approximate surface area is 125 Å². The van der Waals surface area contributed by atoms with Crippen molar-refractivity contribution < 1.29 is 44.7 Å². The first kappa shape index (κ1) is 19.9. The molecule has 0 unspecified atom stereocenters. The minimum absolute atomic E-state index is 0.178. The molecule has 23 heavy (non-hydrogen) atoms. The molecule has 1 N–H and O–H groups in total. The van der Waals surface area contributed by atoms with Crippen molar-refractivity contribution in [3.05, 3.63) is 0 Å². The van der Waals surface area contributed by atoms with Gasteiger partial charge in [-0.1, -0.05) is 0 Å². The fourth-order valence-electron chi connectivity index (χ4n) is 1.97. The Kier molecular flexibility index (Phi) is 5.83. The number of hydrogen-bond acceptors (Lipinski definition) is 3. The second kappa shape index (κ2) is 6.75. The van der Waals surface area contributed by atoms with Crippen LogP contribution in [0.3, 0.4) is 0 Å². The van der Waals surface area contributed by atoms with Crippen LogP contribution in [0.5, 0.6) is 0 Å². The third kappa shape index (κ3) is 3.67. The molecule has 1 atom stereocenters. The Morgan fingerprint density at radius 2 is 1.52 bits per heavy atom. The van der Waals surface area contributed by atoms with E-state index in [0.717, 1.165) is 0 Å². The summed E-state index contributed by atoms with van der Waals surface area (Å²) in [5, 5.41) is 1.43. The van der Waals surface area contributed by atoms with Gasteiger partial charge in [-0.15, -0.1) is 0 Å². The second-order valence-corrected chi connectivity index (χ2v) is 4.87. The summed E-state index contributed by atoms with van der Waals surface area (Å²) < 4.78 is 110. The van der Waals surface area contributed by atoms with Crippen LogP contribution in [0, 0.1) is 0 Å². The van der Waals surface area contributed by atoms with Gasteiger partial charge in [0.25, 0.3) is 0 Å². The quantitative estimate of drug-likeness (QED) is 0.738. The number of amides is 1. The number of carbonyl (C=O) groups excluding carboxylic acids is 1. The highest BCUT2D eigenvalue weighted by Gasteiger charge is 2.78. The zero-order valence-electron chi connectivity index (χ0n) is 11.8. The first-order valence-corrected chi connectivity index (χ1v) is 6.36. The monoisotopic (exact) mass is 358 g/mol. The normalized spacial score (nSPS) is 19.7. The summed E-state index contributed by atoms with van der Waals surface area (Å²) in [5.74, 6) is -19.5. The number of morpholine rings is 1. The largest absolute Gasteiger partial charge is 0.381 e. The Balaban J connectivity index is 3.22. The van der Waals surface area contributed by atoms with Gasteiger partial charge in [0, 0.05) is 20.0 Å². The van der Waals surface area contributed by atoms with Crippen LogP contribution in [0.15, 0.2) is 0 Å². The molecule has 0 saturated carbocycles. The zero-order chi connectivity index (χ0) is 18.1. The Bertz CT molecular complexity index is 426. The number of hydrogen-bond donors (Lipinski definition) is 1. The van der Waals surface area contributed by atoms with Gasteiger partial charge >= 0.3 is 24.2 Å². The number of ether oxygens (including phenoxy) is 1. The molecule has 1 aliphatic rings. The molecule has 1 rings (SSSR count). The number of carbonyl (C=O) groups is 1. The smallest absolute Gasteiger partial charge is 0.379 e. The zero-order valence-corrected chi connectivity index (χ0v) is 11.8. The van der Waals surface area contributed by atoms with E-state index >= 15 is 0 Å². The lowest BCUT2D eigenvalue weighted by molar-refractivity contribution is -0.353. The first-order valence-electron chi connectivity index (χ1n) is 6.36. The Hall–Kier alpha value is -1.17. The van der Waals surface area contributed by atoms with Crippen LogP contribution in [0.2, 0.25) is 0 Å². The van der Waals surface area contributed by atoms with E-state index in [9.17, 15) is 39.9 Å². The number of alkyl halides is 8. The minimum atomic E-state index is -6.39. The van der Waals surface area contributed by atoms with Crippen molar-refractivity contribution in [2.45, 2.75) is 37.3 Å². The molecule has 1 fully saturated rings. The average Bonchev–Trinajstić information content (AvgIpc) is 2.44. The van der Waals surface area contributed by atoms with Gasteiger partial charge in [0.15, 0.2) is 6.17 Å². The van der Waals surface area contributed by atoms with Crippen LogP contribution in [-0.4, -0.2) is 67.5 Å². The van der Waals surface area contributed by atoms with Gasteiger partial charge in [-0.05, 0) is 0 Å². The highest BCUT2D eigenvalue weighted by molar-refractivity contribution is 5.73. The third-order valence-corrected chi connectivity index (χ3v) is 3.21. The van der Waals surface area contributed by atoms with Crippen LogP contribution in [-0.2, 0) is 9.53 Å². The molecule has 4 nitrogen and oxygen atoms in total. The van der Waals surface area contributed by atoms with Crippen molar-refractivity contribution in [3.8, 4) is 0 Å². The molecule has 1 heterocycles. The van der Waals surface area contributed by atoms with Gasteiger partial charge in [-0.25, -0.2) is 8.78 Å². The lowest BCUT2D eigenvalue weighted by atomic mass is 10.0. The van der Waals surface area contributed by atoms with Crippen molar-refractivity contribution in [2.24, 2.45) is 0 Å². The topological polar surface area (TPSA) is 41.6 Å². The summed E-state index contributed by atoms with van der Waals surface area (Å²) in [6.07, 6.45) is -7.89. The predicted molar refractivity (Wildman–Crippen MR) is 60.8 cm³/mol. The molecule has 0 spiro atoms. The van der Waals surface area contributed by atoms with Crippen LogP contribution in [0.4, 0.5) is 35.1 Å². The second-order valence-electron chi connectivity index (χ2n) is 4.87. The third-order valence-electron chi connectivity index (χ3n) is 3.21. The summed E-state index contributed by atoms with van der Waals surface area (Å²) in [4.78, 5) is 11.5. The molecule has 136 valence electrons. The molecule has 1 amide bonds. The number of nitrogens with one attached hydrogen (secondary N) is 1. The van der Waals surface area contributed by atoms with E-state index in [0.29, 0.717) is 11.8 Å². The highest BCUT2D eigenvalue weighted by Crippen LogP contribution is 2.50. The maximum absolute atomic E-state index is 14.0. The van der Waals surface area contributed by atoms with Gasteiger partial charge in [-0.2, -0.15) is 26.3 Å². The van der Waals surface area contributed by atoms with Crippen molar-refractivity contribution >= 4 is 5.91 Å². The van der Waals surface area contributed by atoms with Crippen molar-refractivity contribution in [2.75, 3.05) is 26.3 Å². The molecule has 12 heteroatoms. The van der Waals surface area contributed by atoms with Crippen LogP contribution in [0.25, 0.3) is 0 Å². The van der Waals surface area contributed by atoms with Gasteiger partial charge < -0.3 is 10.1 Å². The van der Waals surface area contributed by atoms with Crippen molar-refractivity contribution in [1.29, 1.82) is 0 Å². The van der Waals surface area contributed by atoms with E-state index in [2.05, 4.69) is 0 Å². The molecular formula is C11H14F8N2O2. The van der Waals surface area contributed by atoms with E-state index in [1.165, 1.54) is 5.32 Å². The lowest BCUT2D eigenvalue weighted by Crippen LogP contribution is -2.70. The summed E-state index contributed by atoms with van der Waals surface area (Å²) in [5.41, 5.74) is 0. The van der Waals surface area contributed by atoms with Gasteiger partial charge in [0.05, 0.1) is 13.2 Å². The number of halogens is 8. The van der Waals surface area contributed by atoms with Crippen molar-refractivity contribution in [3.63, 3.8) is 0 Å². The molecule has 0 radical (unpaired) electrons.